The lowest BCUT2D eigenvalue weighted by Crippen LogP contribution is -2.35. The molecule has 1 aliphatic rings. The van der Waals surface area contributed by atoms with Gasteiger partial charge in [-0.1, -0.05) is 6.08 Å². The third-order valence-corrected chi connectivity index (χ3v) is 5.34. The lowest BCUT2D eigenvalue weighted by atomic mass is 9.96. The van der Waals surface area contributed by atoms with Crippen molar-refractivity contribution >= 4 is 17.0 Å². The molecule has 5 nitrogen and oxygen atoms in total. The van der Waals surface area contributed by atoms with E-state index in [-0.39, 0.29) is 11.7 Å². The van der Waals surface area contributed by atoms with Crippen LogP contribution in [0.3, 0.4) is 0 Å². The second-order valence-corrected chi connectivity index (χ2v) is 7.15. The molecule has 0 aromatic carbocycles. The van der Waals surface area contributed by atoms with Crippen LogP contribution < -0.4 is 0 Å². The van der Waals surface area contributed by atoms with Gasteiger partial charge in [0.1, 0.15) is 5.82 Å². The fourth-order valence-electron chi connectivity index (χ4n) is 3.84. The highest BCUT2D eigenvalue weighted by Crippen LogP contribution is 2.28. The van der Waals surface area contributed by atoms with E-state index in [1.165, 1.54) is 18.7 Å². The van der Waals surface area contributed by atoms with Gasteiger partial charge in [0.2, 0.25) is 0 Å². The zero-order valence-corrected chi connectivity index (χ0v) is 16.2. The molecule has 0 N–H and O–H groups in total. The molecule has 144 valence electrons. The van der Waals surface area contributed by atoms with E-state index >= 15 is 0 Å². The maximum Gasteiger partial charge on any atom is 0.257 e. The van der Waals surface area contributed by atoms with Gasteiger partial charge >= 0.3 is 0 Å². The number of rotatable bonds is 3. The quantitative estimate of drug-likeness (QED) is 0.684. The van der Waals surface area contributed by atoms with Gasteiger partial charge in [0.25, 0.3) is 5.91 Å². The zero-order chi connectivity index (χ0) is 19.7. The summed E-state index contributed by atoms with van der Waals surface area (Å²) in [6.07, 6.45) is 9.91. The van der Waals surface area contributed by atoms with Crippen LogP contribution in [0.15, 0.2) is 42.9 Å². The normalized spacial score (nSPS) is 15.2. The molecule has 0 aliphatic carbocycles. The number of likely N-dealkylation sites (tertiary alicyclic amines) is 1. The summed E-state index contributed by atoms with van der Waals surface area (Å²) in [4.78, 5) is 19.0. The van der Waals surface area contributed by atoms with E-state index in [1.807, 2.05) is 43.2 Å². The van der Waals surface area contributed by atoms with Crippen molar-refractivity contribution in [3.63, 3.8) is 0 Å². The molecule has 0 unspecified atom stereocenters. The molecule has 3 aromatic rings. The minimum atomic E-state index is -0.369. The standard InChI is InChI=1S/C22H23FN4O/c1-3-18(19-12-17(23)13-24-15(19)2)16-7-10-27-21(11-16)20(14-25-27)22(28)26-8-5-4-6-9-26/h3,7,10-14H,4-6,8-9H2,1-2H3/b18-3-. The maximum absolute atomic E-state index is 13.8. The van der Waals surface area contributed by atoms with Crippen molar-refractivity contribution in [1.82, 2.24) is 19.5 Å². The summed E-state index contributed by atoms with van der Waals surface area (Å²) in [7, 11) is 0. The fraction of sp³-hybridized carbons (Fsp3) is 0.318. The minimum Gasteiger partial charge on any atom is -0.339 e. The van der Waals surface area contributed by atoms with E-state index < -0.39 is 0 Å². The van der Waals surface area contributed by atoms with Gasteiger partial charge in [-0.25, -0.2) is 8.91 Å². The summed E-state index contributed by atoms with van der Waals surface area (Å²) in [5.41, 5.74) is 4.65. The van der Waals surface area contributed by atoms with Gasteiger partial charge in [-0.2, -0.15) is 5.10 Å². The summed E-state index contributed by atoms with van der Waals surface area (Å²) in [5, 5.41) is 4.34. The van der Waals surface area contributed by atoms with Crippen LogP contribution >= 0.6 is 0 Å². The monoisotopic (exact) mass is 378 g/mol. The number of nitrogens with zero attached hydrogens (tertiary/aromatic N) is 4. The number of hydrogen-bond acceptors (Lipinski definition) is 3. The molecular weight excluding hydrogens is 355 g/mol. The first-order chi connectivity index (χ1) is 13.6. The van der Waals surface area contributed by atoms with Crippen molar-refractivity contribution in [2.75, 3.05) is 13.1 Å². The van der Waals surface area contributed by atoms with E-state index in [1.54, 1.807) is 10.7 Å². The molecule has 4 heterocycles. The molecule has 0 atom stereocenters. The average molecular weight is 378 g/mol. The molecule has 28 heavy (non-hydrogen) atoms. The van der Waals surface area contributed by atoms with Crippen molar-refractivity contribution in [2.24, 2.45) is 0 Å². The molecule has 1 aliphatic heterocycles. The van der Waals surface area contributed by atoms with Crippen LogP contribution in [0.2, 0.25) is 0 Å². The van der Waals surface area contributed by atoms with Crippen molar-refractivity contribution in [2.45, 2.75) is 33.1 Å². The van der Waals surface area contributed by atoms with E-state index in [0.29, 0.717) is 5.56 Å². The fourth-order valence-corrected chi connectivity index (χ4v) is 3.84. The molecule has 0 radical (unpaired) electrons. The number of pyridine rings is 2. The number of carbonyl (C=O) groups excluding carboxylic acids is 1. The van der Waals surface area contributed by atoms with E-state index in [4.69, 9.17) is 0 Å². The molecule has 0 bridgehead atoms. The molecule has 1 fully saturated rings. The van der Waals surface area contributed by atoms with Gasteiger partial charge in [-0.15, -0.1) is 0 Å². The summed E-state index contributed by atoms with van der Waals surface area (Å²) < 4.78 is 15.5. The number of piperidine rings is 1. The number of aryl methyl sites for hydroxylation is 1. The van der Waals surface area contributed by atoms with Gasteiger partial charge in [0, 0.05) is 30.5 Å². The summed E-state index contributed by atoms with van der Waals surface area (Å²) in [6, 6.07) is 5.37. The number of allylic oxidation sites excluding steroid dienone is 1. The van der Waals surface area contributed by atoms with E-state index in [9.17, 15) is 9.18 Å². The molecule has 6 heteroatoms. The third-order valence-electron chi connectivity index (χ3n) is 5.34. The Morgan fingerprint density at radius 3 is 2.68 bits per heavy atom. The van der Waals surface area contributed by atoms with Crippen LogP contribution in [0.1, 0.15) is 53.4 Å². The number of carbonyl (C=O) groups is 1. The first-order valence-electron chi connectivity index (χ1n) is 9.64. The second kappa shape index (κ2) is 7.54. The topological polar surface area (TPSA) is 50.5 Å². The summed E-state index contributed by atoms with van der Waals surface area (Å²) in [6.45, 7) is 5.37. The molecule has 1 amide bonds. The van der Waals surface area contributed by atoms with Gasteiger partial charge in [0.05, 0.1) is 23.5 Å². The van der Waals surface area contributed by atoms with Crippen LogP contribution in [-0.2, 0) is 0 Å². The Morgan fingerprint density at radius 2 is 1.93 bits per heavy atom. The molecule has 4 rings (SSSR count). The highest BCUT2D eigenvalue weighted by molar-refractivity contribution is 6.01. The lowest BCUT2D eigenvalue weighted by Gasteiger charge is -2.26. The Balaban J connectivity index is 1.76. The third kappa shape index (κ3) is 3.30. The highest BCUT2D eigenvalue weighted by atomic mass is 19.1. The molecule has 0 saturated carbocycles. The maximum atomic E-state index is 13.8. The smallest absolute Gasteiger partial charge is 0.257 e. The number of hydrogen-bond donors (Lipinski definition) is 0. The van der Waals surface area contributed by atoms with Gasteiger partial charge in [-0.05, 0) is 62.4 Å². The lowest BCUT2D eigenvalue weighted by molar-refractivity contribution is 0.0726. The predicted octanol–water partition coefficient (Wildman–Crippen LogP) is 4.25. The number of fused-ring (bicyclic) bond motifs is 1. The summed E-state index contributed by atoms with van der Waals surface area (Å²) in [5.74, 6) is -0.344. The minimum absolute atomic E-state index is 0.0254. The first-order valence-corrected chi connectivity index (χ1v) is 9.64. The van der Waals surface area contributed by atoms with Crippen molar-refractivity contribution in [1.29, 1.82) is 0 Å². The molecule has 1 saturated heterocycles. The molecule has 3 aromatic heterocycles. The predicted molar refractivity (Wildman–Crippen MR) is 107 cm³/mol. The van der Waals surface area contributed by atoms with Gasteiger partial charge in [-0.3, -0.25) is 9.78 Å². The number of halogens is 1. The van der Waals surface area contributed by atoms with Crippen LogP contribution in [-0.4, -0.2) is 38.5 Å². The van der Waals surface area contributed by atoms with Crippen molar-refractivity contribution in [3.8, 4) is 0 Å². The van der Waals surface area contributed by atoms with Crippen LogP contribution in [0.5, 0.6) is 0 Å². The number of aromatic nitrogens is 3. The van der Waals surface area contributed by atoms with Gasteiger partial charge in [0.15, 0.2) is 0 Å². The van der Waals surface area contributed by atoms with Gasteiger partial charge < -0.3 is 4.90 Å². The Hall–Kier alpha value is -3.02. The summed E-state index contributed by atoms with van der Waals surface area (Å²) >= 11 is 0. The largest absolute Gasteiger partial charge is 0.339 e. The number of amides is 1. The highest BCUT2D eigenvalue weighted by Gasteiger charge is 2.22. The SMILES string of the molecule is C/C=C(/c1ccn2ncc(C(=O)N3CCCCC3)c2c1)c1cc(F)cnc1C. The molecular formula is C22H23FN4O. The Labute approximate surface area is 163 Å². The van der Waals surface area contributed by atoms with Crippen LogP contribution in [0.25, 0.3) is 11.1 Å². The van der Waals surface area contributed by atoms with Crippen molar-refractivity contribution < 1.29 is 9.18 Å². The van der Waals surface area contributed by atoms with Crippen molar-refractivity contribution in [3.05, 3.63) is 71.1 Å². The Kier molecular flexibility index (Phi) is 4.94. The van der Waals surface area contributed by atoms with E-state index in [2.05, 4.69) is 10.1 Å². The Bertz CT molecular complexity index is 1060. The van der Waals surface area contributed by atoms with Crippen LogP contribution in [0.4, 0.5) is 4.39 Å². The second-order valence-electron chi connectivity index (χ2n) is 7.15. The van der Waals surface area contributed by atoms with E-state index in [0.717, 1.165) is 53.8 Å². The zero-order valence-electron chi connectivity index (χ0n) is 16.2. The van der Waals surface area contributed by atoms with Crippen LogP contribution in [0, 0.1) is 12.7 Å². The first kappa shape index (κ1) is 18.3. The Morgan fingerprint density at radius 1 is 1.14 bits per heavy atom. The average Bonchev–Trinajstić information content (AvgIpc) is 3.14. The molecule has 0 spiro atoms.